The van der Waals surface area contributed by atoms with E-state index in [1.54, 1.807) is 12.1 Å². The van der Waals surface area contributed by atoms with Crippen LogP contribution in [0.15, 0.2) is 24.3 Å². The number of nitrogens with zero attached hydrogens (tertiary/aromatic N) is 1. The van der Waals surface area contributed by atoms with Crippen LogP contribution >= 0.6 is 0 Å². The maximum Gasteiger partial charge on any atom is 0.407 e. The Morgan fingerprint density at radius 2 is 1.94 bits per heavy atom. The lowest BCUT2D eigenvalue weighted by Crippen LogP contribution is -2.36. The maximum absolute atomic E-state index is 13.5. The van der Waals surface area contributed by atoms with Crippen LogP contribution in [0.5, 0.6) is 0 Å². The van der Waals surface area contributed by atoms with E-state index in [1.165, 1.54) is 11.0 Å². The molecule has 4 heteroatoms. The van der Waals surface area contributed by atoms with Crippen LogP contribution in [0, 0.1) is 5.82 Å². The van der Waals surface area contributed by atoms with Crippen LogP contribution in [0.3, 0.4) is 0 Å². The Morgan fingerprint density at radius 3 is 2.50 bits per heavy atom. The van der Waals surface area contributed by atoms with Crippen molar-refractivity contribution in [2.24, 2.45) is 0 Å². The van der Waals surface area contributed by atoms with Gasteiger partial charge < -0.3 is 10.0 Å². The third kappa shape index (κ3) is 2.15. The summed E-state index contributed by atoms with van der Waals surface area (Å²) in [5.74, 6) is -0.0342. The minimum atomic E-state index is -0.882. The van der Waals surface area contributed by atoms with Crippen LogP contribution in [-0.2, 0) is 0 Å². The molecule has 0 saturated carbocycles. The van der Waals surface area contributed by atoms with Gasteiger partial charge in [-0.25, -0.2) is 9.18 Å². The van der Waals surface area contributed by atoms with Gasteiger partial charge in [-0.1, -0.05) is 18.2 Å². The van der Waals surface area contributed by atoms with E-state index in [0.29, 0.717) is 31.5 Å². The second kappa shape index (κ2) is 4.51. The van der Waals surface area contributed by atoms with Crippen molar-refractivity contribution in [1.29, 1.82) is 0 Å². The summed E-state index contributed by atoms with van der Waals surface area (Å²) in [6.45, 7) is 0.989. The number of rotatable bonds is 1. The van der Waals surface area contributed by atoms with E-state index in [0.717, 1.165) is 0 Å². The molecule has 1 N–H and O–H groups in total. The first-order valence-electron chi connectivity index (χ1n) is 5.41. The Morgan fingerprint density at radius 1 is 1.31 bits per heavy atom. The molecule has 0 radical (unpaired) electrons. The highest BCUT2D eigenvalue weighted by Crippen LogP contribution is 2.29. The van der Waals surface area contributed by atoms with Crippen LogP contribution in [0.2, 0.25) is 0 Å². The van der Waals surface area contributed by atoms with Crippen LogP contribution in [-0.4, -0.2) is 29.2 Å². The lowest BCUT2D eigenvalue weighted by Gasteiger charge is -2.30. The van der Waals surface area contributed by atoms with Crippen LogP contribution in [0.4, 0.5) is 9.18 Å². The third-order valence-corrected chi connectivity index (χ3v) is 3.11. The number of piperidine rings is 1. The van der Waals surface area contributed by atoms with Gasteiger partial charge >= 0.3 is 6.09 Å². The van der Waals surface area contributed by atoms with Crippen molar-refractivity contribution in [2.75, 3.05) is 13.1 Å². The van der Waals surface area contributed by atoms with Crippen molar-refractivity contribution in [3.63, 3.8) is 0 Å². The van der Waals surface area contributed by atoms with Gasteiger partial charge in [-0.05, 0) is 30.4 Å². The molecule has 0 unspecified atom stereocenters. The fourth-order valence-electron chi connectivity index (χ4n) is 2.19. The van der Waals surface area contributed by atoms with Crippen molar-refractivity contribution in [3.05, 3.63) is 35.6 Å². The third-order valence-electron chi connectivity index (χ3n) is 3.11. The van der Waals surface area contributed by atoms with Gasteiger partial charge in [-0.3, -0.25) is 0 Å². The molecule has 1 fully saturated rings. The Kier molecular flexibility index (Phi) is 3.08. The smallest absolute Gasteiger partial charge is 0.407 e. The van der Waals surface area contributed by atoms with E-state index >= 15 is 0 Å². The van der Waals surface area contributed by atoms with Crippen LogP contribution < -0.4 is 0 Å². The number of hydrogen-bond donors (Lipinski definition) is 1. The standard InChI is InChI=1S/C12H14FNO2/c13-11-4-2-1-3-10(11)9-5-7-14(8-6-9)12(15)16/h1-4,9H,5-8H2,(H,15,16). The molecule has 1 aromatic carbocycles. The lowest BCUT2D eigenvalue weighted by molar-refractivity contribution is 0.132. The van der Waals surface area contributed by atoms with Gasteiger partial charge in [0.25, 0.3) is 0 Å². The van der Waals surface area contributed by atoms with E-state index in [9.17, 15) is 9.18 Å². The number of amides is 1. The first-order valence-corrected chi connectivity index (χ1v) is 5.41. The zero-order valence-corrected chi connectivity index (χ0v) is 8.90. The number of hydrogen-bond acceptors (Lipinski definition) is 1. The summed E-state index contributed by atoms with van der Waals surface area (Å²) in [7, 11) is 0. The molecule has 86 valence electrons. The topological polar surface area (TPSA) is 40.5 Å². The quantitative estimate of drug-likeness (QED) is 0.795. The molecular weight excluding hydrogens is 209 g/mol. The van der Waals surface area contributed by atoms with Crippen molar-refractivity contribution < 1.29 is 14.3 Å². The molecule has 1 heterocycles. The molecule has 3 nitrogen and oxygen atoms in total. The predicted octanol–water partition coefficient (Wildman–Crippen LogP) is 2.68. The molecule has 1 saturated heterocycles. The molecule has 16 heavy (non-hydrogen) atoms. The van der Waals surface area contributed by atoms with Gasteiger partial charge in [0.15, 0.2) is 0 Å². The van der Waals surface area contributed by atoms with Crippen LogP contribution in [0.1, 0.15) is 24.3 Å². The average molecular weight is 223 g/mol. The molecule has 0 aromatic heterocycles. The molecular formula is C12H14FNO2. The molecule has 0 aliphatic carbocycles. The average Bonchev–Trinajstić information content (AvgIpc) is 2.30. The molecule has 2 rings (SSSR count). The summed E-state index contributed by atoms with van der Waals surface area (Å²) >= 11 is 0. The molecule has 1 aliphatic heterocycles. The monoisotopic (exact) mass is 223 g/mol. The zero-order chi connectivity index (χ0) is 11.5. The Balaban J connectivity index is 2.05. The van der Waals surface area contributed by atoms with Gasteiger partial charge in [0.05, 0.1) is 0 Å². The first-order chi connectivity index (χ1) is 7.68. The minimum Gasteiger partial charge on any atom is -0.465 e. The van der Waals surface area contributed by atoms with Crippen molar-refractivity contribution in [1.82, 2.24) is 4.90 Å². The molecule has 0 atom stereocenters. The molecule has 1 aliphatic rings. The van der Waals surface area contributed by atoms with Crippen molar-refractivity contribution >= 4 is 6.09 Å². The van der Waals surface area contributed by atoms with E-state index in [-0.39, 0.29) is 11.7 Å². The Bertz CT molecular complexity index is 386. The summed E-state index contributed by atoms with van der Waals surface area (Å²) in [5.41, 5.74) is 0.715. The second-order valence-corrected chi connectivity index (χ2v) is 4.07. The van der Waals surface area contributed by atoms with Crippen molar-refractivity contribution in [3.8, 4) is 0 Å². The lowest BCUT2D eigenvalue weighted by atomic mass is 9.89. The predicted molar refractivity (Wildman–Crippen MR) is 58.0 cm³/mol. The number of benzene rings is 1. The number of halogens is 1. The van der Waals surface area contributed by atoms with E-state index in [1.807, 2.05) is 6.07 Å². The highest BCUT2D eigenvalue weighted by Gasteiger charge is 2.24. The Hall–Kier alpha value is -1.58. The second-order valence-electron chi connectivity index (χ2n) is 4.07. The van der Waals surface area contributed by atoms with Gasteiger partial charge in [0.1, 0.15) is 5.82 Å². The fraction of sp³-hybridized carbons (Fsp3) is 0.417. The Labute approximate surface area is 93.5 Å². The summed E-state index contributed by atoms with van der Waals surface area (Å²) in [5, 5.41) is 8.80. The number of likely N-dealkylation sites (tertiary alicyclic amines) is 1. The summed E-state index contributed by atoms with van der Waals surface area (Å²) in [4.78, 5) is 12.1. The zero-order valence-electron chi connectivity index (χ0n) is 8.90. The highest BCUT2D eigenvalue weighted by molar-refractivity contribution is 5.65. The first kappa shape index (κ1) is 10.9. The molecule has 0 bridgehead atoms. The number of carboxylic acid groups (broad SMARTS) is 1. The van der Waals surface area contributed by atoms with Gasteiger partial charge in [-0.2, -0.15) is 0 Å². The normalized spacial score (nSPS) is 17.4. The molecule has 1 aromatic rings. The number of carbonyl (C=O) groups is 1. The molecule has 0 spiro atoms. The maximum atomic E-state index is 13.5. The SMILES string of the molecule is O=C(O)N1CCC(c2ccccc2F)CC1. The largest absolute Gasteiger partial charge is 0.465 e. The minimum absolute atomic E-state index is 0.150. The fourth-order valence-corrected chi connectivity index (χ4v) is 2.19. The van der Waals surface area contributed by atoms with Crippen LogP contribution in [0.25, 0.3) is 0 Å². The van der Waals surface area contributed by atoms with Gasteiger partial charge in [0.2, 0.25) is 0 Å². The van der Waals surface area contributed by atoms with E-state index in [2.05, 4.69) is 0 Å². The summed E-state index contributed by atoms with van der Waals surface area (Å²) in [6, 6.07) is 6.74. The molecule has 1 amide bonds. The highest BCUT2D eigenvalue weighted by atomic mass is 19.1. The van der Waals surface area contributed by atoms with Gasteiger partial charge in [-0.15, -0.1) is 0 Å². The summed E-state index contributed by atoms with van der Waals surface area (Å²) in [6.07, 6.45) is 0.521. The summed E-state index contributed by atoms with van der Waals surface area (Å²) < 4.78 is 13.5. The van der Waals surface area contributed by atoms with E-state index < -0.39 is 6.09 Å². The van der Waals surface area contributed by atoms with Crippen molar-refractivity contribution in [2.45, 2.75) is 18.8 Å². The van der Waals surface area contributed by atoms with E-state index in [4.69, 9.17) is 5.11 Å². The van der Waals surface area contributed by atoms with Gasteiger partial charge in [0, 0.05) is 13.1 Å².